The summed E-state index contributed by atoms with van der Waals surface area (Å²) >= 11 is 0. The van der Waals surface area contributed by atoms with Crippen LogP contribution in [0.2, 0.25) is 0 Å². The van der Waals surface area contributed by atoms with Crippen LogP contribution in [0.5, 0.6) is 11.5 Å². The highest BCUT2D eigenvalue weighted by Crippen LogP contribution is 2.37. The number of benzene rings is 2. The number of methoxy groups -OCH3 is 1. The smallest absolute Gasteiger partial charge is 0.124 e. The number of hydrogen-bond donors (Lipinski definition) is 1. The minimum Gasteiger partial charge on any atom is -0.490 e. The van der Waals surface area contributed by atoms with Crippen molar-refractivity contribution in [2.45, 2.75) is 56.8 Å². The van der Waals surface area contributed by atoms with E-state index in [1.807, 2.05) is 6.07 Å². The van der Waals surface area contributed by atoms with Gasteiger partial charge in [-0.05, 0) is 67.9 Å². The molecule has 4 heteroatoms. The van der Waals surface area contributed by atoms with Crippen LogP contribution in [0.3, 0.4) is 0 Å². The first-order valence-electron chi connectivity index (χ1n) is 10.6. The third-order valence-corrected chi connectivity index (χ3v) is 5.86. The zero-order valence-corrected chi connectivity index (χ0v) is 16.7. The van der Waals surface area contributed by atoms with Crippen molar-refractivity contribution >= 4 is 0 Å². The van der Waals surface area contributed by atoms with Gasteiger partial charge in [0.05, 0.1) is 12.7 Å². The lowest BCUT2D eigenvalue weighted by Crippen LogP contribution is -2.37. The van der Waals surface area contributed by atoms with Gasteiger partial charge in [0.25, 0.3) is 0 Å². The van der Waals surface area contributed by atoms with E-state index in [2.05, 4.69) is 47.8 Å². The van der Waals surface area contributed by atoms with Crippen LogP contribution in [-0.2, 0) is 11.2 Å². The van der Waals surface area contributed by atoms with Gasteiger partial charge in [0, 0.05) is 19.7 Å². The van der Waals surface area contributed by atoms with E-state index in [1.165, 1.54) is 24.0 Å². The van der Waals surface area contributed by atoms with E-state index in [0.29, 0.717) is 12.1 Å². The lowest BCUT2D eigenvalue weighted by molar-refractivity contribution is 0.133. The van der Waals surface area contributed by atoms with Gasteiger partial charge in [-0.2, -0.15) is 0 Å². The summed E-state index contributed by atoms with van der Waals surface area (Å²) in [7, 11) is 1.75. The number of fused-ring (bicyclic) bond motifs is 1. The number of nitrogens with one attached hydrogen (secondary N) is 1. The summed E-state index contributed by atoms with van der Waals surface area (Å²) in [5, 5.41) is 3.57. The standard InChI is InChI=1S/C24H31NO3/c1-26-16-15-25-20-8-10-21(11-9-20)27-22-12-14-24-19(17-22)7-13-23(28-24)18-5-3-2-4-6-18/h2-6,12,14,17,20-21,23,25H,7-11,13,15-16H2,1H3. The van der Waals surface area contributed by atoms with E-state index in [4.69, 9.17) is 14.2 Å². The topological polar surface area (TPSA) is 39.7 Å². The Balaban J connectivity index is 1.30. The predicted octanol–water partition coefficient (Wildman–Crippen LogP) is 4.68. The van der Waals surface area contributed by atoms with Crippen LogP contribution in [0, 0.1) is 0 Å². The molecule has 4 nitrogen and oxygen atoms in total. The largest absolute Gasteiger partial charge is 0.490 e. The molecule has 2 aromatic rings. The zero-order valence-electron chi connectivity index (χ0n) is 16.7. The van der Waals surface area contributed by atoms with Crippen LogP contribution in [0.1, 0.15) is 49.3 Å². The maximum absolute atomic E-state index is 6.30. The Labute approximate surface area is 168 Å². The quantitative estimate of drug-likeness (QED) is 0.707. The molecule has 0 bridgehead atoms. The first kappa shape index (κ1) is 19.3. The van der Waals surface area contributed by atoms with Gasteiger partial charge in [-0.1, -0.05) is 30.3 Å². The van der Waals surface area contributed by atoms with E-state index in [0.717, 1.165) is 50.3 Å². The third kappa shape index (κ3) is 4.86. The molecule has 1 N–H and O–H groups in total. The molecule has 0 spiro atoms. The Bertz CT molecular complexity index is 741. The summed E-state index contributed by atoms with van der Waals surface area (Å²) < 4.78 is 17.7. The van der Waals surface area contributed by atoms with E-state index < -0.39 is 0 Å². The van der Waals surface area contributed by atoms with Crippen molar-refractivity contribution in [3.63, 3.8) is 0 Å². The highest BCUT2D eigenvalue weighted by Gasteiger charge is 2.24. The fourth-order valence-electron chi connectivity index (χ4n) is 4.28. The molecule has 1 fully saturated rings. The second kappa shape index (κ2) is 9.44. The maximum atomic E-state index is 6.30. The molecule has 1 aliphatic carbocycles. The summed E-state index contributed by atoms with van der Waals surface area (Å²) in [6.45, 7) is 1.71. The van der Waals surface area contributed by atoms with E-state index in [1.54, 1.807) is 7.11 Å². The molecular formula is C24H31NO3. The first-order valence-corrected chi connectivity index (χ1v) is 10.6. The van der Waals surface area contributed by atoms with Gasteiger partial charge >= 0.3 is 0 Å². The van der Waals surface area contributed by atoms with Crippen molar-refractivity contribution in [1.82, 2.24) is 5.32 Å². The van der Waals surface area contributed by atoms with Crippen molar-refractivity contribution in [2.75, 3.05) is 20.3 Å². The molecular weight excluding hydrogens is 350 g/mol. The van der Waals surface area contributed by atoms with Gasteiger partial charge in [-0.3, -0.25) is 0 Å². The van der Waals surface area contributed by atoms with E-state index in [-0.39, 0.29) is 6.10 Å². The molecule has 1 saturated carbocycles. The summed E-state index contributed by atoms with van der Waals surface area (Å²) in [6, 6.07) is 17.4. The number of rotatable bonds is 7. The Hall–Kier alpha value is -2.04. The second-order valence-electron chi connectivity index (χ2n) is 7.86. The van der Waals surface area contributed by atoms with Crippen LogP contribution >= 0.6 is 0 Å². The first-order chi connectivity index (χ1) is 13.8. The van der Waals surface area contributed by atoms with E-state index in [9.17, 15) is 0 Å². The molecule has 1 atom stereocenters. The molecule has 1 unspecified atom stereocenters. The molecule has 1 heterocycles. The average molecular weight is 382 g/mol. The van der Waals surface area contributed by atoms with Crippen molar-refractivity contribution in [2.24, 2.45) is 0 Å². The van der Waals surface area contributed by atoms with Crippen LogP contribution in [0.4, 0.5) is 0 Å². The highest BCUT2D eigenvalue weighted by atomic mass is 16.5. The van der Waals surface area contributed by atoms with Gasteiger partial charge in [0.1, 0.15) is 17.6 Å². The number of ether oxygens (including phenoxy) is 3. The fourth-order valence-corrected chi connectivity index (χ4v) is 4.28. The molecule has 28 heavy (non-hydrogen) atoms. The van der Waals surface area contributed by atoms with Gasteiger partial charge in [0.15, 0.2) is 0 Å². The van der Waals surface area contributed by atoms with Crippen LogP contribution in [-0.4, -0.2) is 32.4 Å². The summed E-state index contributed by atoms with van der Waals surface area (Å²) in [5.41, 5.74) is 2.52. The minimum atomic E-state index is 0.154. The zero-order chi connectivity index (χ0) is 19.2. The molecule has 0 saturated heterocycles. The molecule has 4 rings (SSSR count). The number of hydrogen-bond acceptors (Lipinski definition) is 4. The molecule has 2 aromatic carbocycles. The Morgan fingerprint density at radius 1 is 1.00 bits per heavy atom. The lowest BCUT2D eigenvalue weighted by Gasteiger charge is -2.30. The summed E-state index contributed by atoms with van der Waals surface area (Å²) in [5.74, 6) is 1.98. The highest BCUT2D eigenvalue weighted by molar-refractivity contribution is 5.42. The van der Waals surface area contributed by atoms with Gasteiger partial charge in [-0.25, -0.2) is 0 Å². The van der Waals surface area contributed by atoms with Crippen molar-refractivity contribution in [1.29, 1.82) is 0 Å². The molecule has 0 aromatic heterocycles. The van der Waals surface area contributed by atoms with Gasteiger partial charge < -0.3 is 19.5 Å². The third-order valence-electron chi connectivity index (χ3n) is 5.86. The SMILES string of the molecule is COCCNC1CCC(Oc2ccc3c(c2)CCC(c2ccccc2)O3)CC1. The Morgan fingerprint density at radius 2 is 1.82 bits per heavy atom. The Morgan fingerprint density at radius 3 is 2.61 bits per heavy atom. The van der Waals surface area contributed by atoms with E-state index >= 15 is 0 Å². The average Bonchev–Trinajstić information content (AvgIpc) is 2.75. The Kier molecular flexibility index (Phi) is 6.50. The second-order valence-corrected chi connectivity index (χ2v) is 7.86. The molecule has 1 aliphatic heterocycles. The molecule has 2 aliphatic rings. The monoisotopic (exact) mass is 381 g/mol. The normalized spacial score (nSPS) is 24.2. The van der Waals surface area contributed by atoms with Crippen molar-refractivity contribution in [3.05, 3.63) is 59.7 Å². The maximum Gasteiger partial charge on any atom is 0.124 e. The lowest BCUT2D eigenvalue weighted by atomic mass is 9.93. The van der Waals surface area contributed by atoms with Gasteiger partial charge in [0.2, 0.25) is 0 Å². The molecule has 0 amide bonds. The van der Waals surface area contributed by atoms with Crippen LogP contribution < -0.4 is 14.8 Å². The fraction of sp³-hybridized carbons (Fsp3) is 0.500. The molecule has 150 valence electrons. The summed E-state index contributed by atoms with van der Waals surface area (Å²) in [4.78, 5) is 0. The van der Waals surface area contributed by atoms with Crippen molar-refractivity contribution < 1.29 is 14.2 Å². The molecule has 0 radical (unpaired) electrons. The van der Waals surface area contributed by atoms with Crippen LogP contribution in [0.25, 0.3) is 0 Å². The van der Waals surface area contributed by atoms with Gasteiger partial charge in [-0.15, -0.1) is 0 Å². The summed E-state index contributed by atoms with van der Waals surface area (Å²) in [6.07, 6.45) is 7.06. The number of aryl methyl sites for hydroxylation is 1. The van der Waals surface area contributed by atoms with Crippen LogP contribution in [0.15, 0.2) is 48.5 Å². The van der Waals surface area contributed by atoms with Crippen molar-refractivity contribution in [3.8, 4) is 11.5 Å². The minimum absolute atomic E-state index is 0.154. The predicted molar refractivity (Wildman–Crippen MR) is 111 cm³/mol.